The standard InChI is InChI=1S/C17H20FNO2/c1-4-13(9-8-12(2)3)15-7-5-6-14(17(15)18)10-19-11-16(20)21/h4-9,19H,1,10-11H2,2-3H3,(H,20,21)/b13-9+. The van der Waals surface area contributed by atoms with Crippen molar-refractivity contribution in [3.05, 3.63) is 65.5 Å². The fourth-order valence-electron chi connectivity index (χ4n) is 1.77. The molecule has 0 amide bonds. The van der Waals surface area contributed by atoms with Gasteiger partial charge >= 0.3 is 5.97 Å². The summed E-state index contributed by atoms with van der Waals surface area (Å²) < 4.78 is 14.5. The zero-order valence-electron chi connectivity index (χ0n) is 12.3. The third-order valence-corrected chi connectivity index (χ3v) is 2.80. The van der Waals surface area contributed by atoms with Crippen LogP contribution in [0, 0.1) is 5.82 Å². The van der Waals surface area contributed by atoms with Gasteiger partial charge in [0.15, 0.2) is 0 Å². The van der Waals surface area contributed by atoms with Crippen LogP contribution in [0.25, 0.3) is 5.57 Å². The number of aliphatic carboxylic acids is 1. The fourth-order valence-corrected chi connectivity index (χ4v) is 1.77. The molecule has 0 radical (unpaired) electrons. The van der Waals surface area contributed by atoms with Crippen LogP contribution in [-0.4, -0.2) is 17.6 Å². The van der Waals surface area contributed by atoms with Crippen molar-refractivity contribution < 1.29 is 14.3 Å². The second-order valence-electron chi connectivity index (χ2n) is 4.85. The summed E-state index contributed by atoms with van der Waals surface area (Å²) in [4.78, 5) is 10.5. The van der Waals surface area contributed by atoms with E-state index in [2.05, 4.69) is 11.9 Å². The third-order valence-electron chi connectivity index (χ3n) is 2.80. The summed E-state index contributed by atoms with van der Waals surface area (Å²) in [5.74, 6) is -1.33. The van der Waals surface area contributed by atoms with Gasteiger partial charge < -0.3 is 10.4 Å². The molecular formula is C17H20FNO2. The number of carboxylic acid groups (broad SMARTS) is 1. The van der Waals surface area contributed by atoms with Crippen LogP contribution in [0.5, 0.6) is 0 Å². The number of hydrogen-bond acceptors (Lipinski definition) is 2. The van der Waals surface area contributed by atoms with Crippen LogP contribution in [0.4, 0.5) is 4.39 Å². The zero-order valence-corrected chi connectivity index (χ0v) is 12.3. The highest BCUT2D eigenvalue weighted by Crippen LogP contribution is 2.22. The lowest BCUT2D eigenvalue weighted by molar-refractivity contribution is -0.136. The largest absolute Gasteiger partial charge is 0.480 e. The van der Waals surface area contributed by atoms with Crippen molar-refractivity contribution in [3.63, 3.8) is 0 Å². The highest BCUT2D eigenvalue weighted by Gasteiger charge is 2.10. The quantitative estimate of drug-likeness (QED) is 0.755. The number of carbonyl (C=O) groups is 1. The van der Waals surface area contributed by atoms with Crippen molar-refractivity contribution in [1.29, 1.82) is 0 Å². The lowest BCUT2D eigenvalue weighted by Gasteiger charge is -2.09. The van der Waals surface area contributed by atoms with Crippen LogP contribution in [0.15, 0.2) is 48.6 Å². The maximum absolute atomic E-state index is 14.5. The smallest absolute Gasteiger partial charge is 0.317 e. The van der Waals surface area contributed by atoms with Gasteiger partial charge in [0.25, 0.3) is 0 Å². The summed E-state index contributed by atoms with van der Waals surface area (Å²) in [7, 11) is 0. The van der Waals surface area contributed by atoms with E-state index in [1.165, 1.54) is 0 Å². The van der Waals surface area contributed by atoms with Gasteiger partial charge in [-0.25, -0.2) is 4.39 Å². The van der Waals surface area contributed by atoms with Crippen molar-refractivity contribution in [2.75, 3.05) is 6.54 Å². The Kier molecular flexibility index (Phi) is 6.56. The molecule has 0 heterocycles. The van der Waals surface area contributed by atoms with Crippen molar-refractivity contribution in [1.82, 2.24) is 5.32 Å². The van der Waals surface area contributed by atoms with Crippen LogP contribution in [-0.2, 0) is 11.3 Å². The minimum atomic E-state index is -0.971. The predicted molar refractivity (Wildman–Crippen MR) is 83.3 cm³/mol. The van der Waals surface area contributed by atoms with Gasteiger partial charge in [-0.1, -0.05) is 48.6 Å². The maximum Gasteiger partial charge on any atom is 0.317 e. The van der Waals surface area contributed by atoms with Crippen molar-refractivity contribution in [3.8, 4) is 0 Å². The Hall–Kier alpha value is -2.20. The van der Waals surface area contributed by atoms with Gasteiger partial charge in [0, 0.05) is 17.7 Å². The van der Waals surface area contributed by atoms with Gasteiger partial charge in [-0.05, 0) is 19.4 Å². The monoisotopic (exact) mass is 289 g/mol. The average Bonchev–Trinajstić information content (AvgIpc) is 2.42. The number of nitrogens with one attached hydrogen (secondary N) is 1. The van der Waals surface area contributed by atoms with E-state index in [0.717, 1.165) is 5.57 Å². The number of benzene rings is 1. The minimum absolute atomic E-state index is 0.166. The Morgan fingerprint density at radius 3 is 2.67 bits per heavy atom. The Balaban J connectivity index is 3.03. The van der Waals surface area contributed by atoms with Crippen molar-refractivity contribution >= 4 is 11.5 Å². The number of allylic oxidation sites excluding steroid dienone is 5. The van der Waals surface area contributed by atoms with Crippen LogP contribution >= 0.6 is 0 Å². The maximum atomic E-state index is 14.5. The third kappa shape index (κ3) is 5.36. The molecule has 0 aliphatic rings. The van der Waals surface area contributed by atoms with Crippen molar-refractivity contribution in [2.24, 2.45) is 0 Å². The Bertz CT molecular complexity index is 584. The van der Waals surface area contributed by atoms with Crippen LogP contribution in [0.2, 0.25) is 0 Å². The van der Waals surface area contributed by atoms with E-state index in [9.17, 15) is 9.18 Å². The van der Waals surface area contributed by atoms with E-state index in [1.807, 2.05) is 26.0 Å². The molecule has 0 spiro atoms. The van der Waals surface area contributed by atoms with E-state index >= 15 is 0 Å². The van der Waals surface area contributed by atoms with E-state index in [-0.39, 0.29) is 18.9 Å². The van der Waals surface area contributed by atoms with Gasteiger partial charge in [-0.3, -0.25) is 4.79 Å². The molecule has 0 aromatic heterocycles. The van der Waals surface area contributed by atoms with Crippen LogP contribution in [0.3, 0.4) is 0 Å². The molecule has 0 aliphatic carbocycles. The first-order chi connectivity index (χ1) is 9.95. The van der Waals surface area contributed by atoms with E-state index in [0.29, 0.717) is 16.7 Å². The molecule has 1 aromatic rings. The number of hydrogen-bond donors (Lipinski definition) is 2. The second kappa shape index (κ2) is 8.17. The molecule has 0 saturated carbocycles. The van der Waals surface area contributed by atoms with Gasteiger partial charge in [0.2, 0.25) is 0 Å². The molecule has 21 heavy (non-hydrogen) atoms. The first-order valence-electron chi connectivity index (χ1n) is 6.63. The molecule has 0 saturated heterocycles. The van der Waals surface area contributed by atoms with E-state index in [1.54, 1.807) is 24.3 Å². The Morgan fingerprint density at radius 2 is 2.10 bits per heavy atom. The molecule has 3 nitrogen and oxygen atoms in total. The molecule has 4 heteroatoms. The number of carboxylic acids is 1. The fraction of sp³-hybridized carbons (Fsp3) is 0.235. The van der Waals surface area contributed by atoms with E-state index < -0.39 is 5.97 Å². The Morgan fingerprint density at radius 1 is 1.38 bits per heavy atom. The van der Waals surface area contributed by atoms with E-state index in [4.69, 9.17) is 5.11 Å². The number of rotatable bonds is 7. The highest BCUT2D eigenvalue weighted by atomic mass is 19.1. The molecule has 0 aliphatic heterocycles. The van der Waals surface area contributed by atoms with Gasteiger partial charge in [0.1, 0.15) is 5.82 Å². The van der Waals surface area contributed by atoms with Crippen molar-refractivity contribution in [2.45, 2.75) is 20.4 Å². The lowest BCUT2D eigenvalue weighted by atomic mass is 10.0. The highest BCUT2D eigenvalue weighted by molar-refractivity contribution is 5.75. The summed E-state index contributed by atoms with van der Waals surface area (Å²) in [6.45, 7) is 7.59. The summed E-state index contributed by atoms with van der Waals surface area (Å²) >= 11 is 0. The first kappa shape index (κ1) is 16.9. The molecule has 0 unspecified atom stereocenters. The molecule has 0 atom stereocenters. The first-order valence-corrected chi connectivity index (χ1v) is 6.63. The summed E-state index contributed by atoms with van der Waals surface area (Å²) in [5, 5.41) is 11.3. The summed E-state index contributed by atoms with van der Waals surface area (Å²) in [6.07, 6.45) is 5.31. The molecule has 2 N–H and O–H groups in total. The molecule has 112 valence electrons. The normalized spacial score (nSPS) is 11.1. The minimum Gasteiger partial charge on any atom is -0.480 e. The van der Waals surface area contributed by atoms with Gasteiger partial charge in [0.05, 0.1) is 6.54 Å². The SMILES string of the molecule is C=C/C(=C\C=C(C)C)c1cccc(CNCC(=O)O)c1F. The Labute approximate surface area is 124 Å². The predicted octanol–water partition coefficient (Wildman–Crippen LogP) is 3.54. The molecule has 1 aromatic carbocycles. The zero-order chi connectivity index (χ0) is 15.8. The van der Waals surface area contributed by atoms with Gasteiger partial charge in [-0.15, -0.1) is 0 Å². The van der Waals surface area contributed by atoms with Gasteiger partial charge in [-0.2, -0.15) is 0 Å². The summed E-state index contributed by atoms with van der Waals surface area (Å²) in [5.41, 5.74) is 2.68. The second-order valence-corrected chi connectivity index (χ2v) is 4.85. The number of halogens is 1. The topological polar surface area (TPSA) is 49.3 Å². The average molecular weight is 289 g/mol. The van der Waals surface area contributed by atoms with Crippen LogP contribution in [0.1, 0.15) is 25.0 Å². The lowest BCUT2D eigenvalue weighted by Crippen LogP contribution is -2.22. The molecule has 1 rings (SSSR count). The molecule has 0 bridgehead atoms. The summed E-state index contributed by atoms with van der Waals surface area (Å²) in [6, 6.07) is 5.06. The van der Waals surface area contributed by atoms with Crippen LogP contribution < -0.4 is 5.32 Å². The molecule has 0 fully saturated rings. The molecular weight excluding hydrogens is 269 g/mol.